The summed E-state index contributed by atoms with van der Waals surface area (Å²) >= 11 is 0. The molecule has 1 saturated heterocycles. The summed E-state index contributed by atoms with van der Waals surface area (Å²) in [5, 5.41) is 0. The van der Waals surface area contributed by atoms with Crippen molar-refractivity contribution in [2.24, 2.45) is 5.73 Å². The van der Waals surface area contributed by atoms with Gasteiger partial charge in [-0.25, -0.2) is 0 Å². The zero-order valence-corrected chi connectivity index (χ0v) is 9.37. The highest BCUT2D eigenvalue weighted by Crippen LogP contribution is 2.30. The molecule has 1 atom stereocenters. The van der Waals surface area contributed by atoms with Crippen molar-refractivity contribution in [3.05, 3.63) is 0 Å². The van der Waals surface area contributed by atoms with E-state index in [0.717, 1.165) is 19.3 Å². The predicted molar refractivity (Wildman–Crippen MR) is 57.4 cm³/mol. The van der Waals surface area contributed by atoms with Gasteiger partial charge < -0.3 is 15.4 Å². The predicted octanol–water partition coefficient (Wildman–Crippen LogP) is 0.505. The third-order valence-corrected chi connectivity index (χ3v) is 3.56. The molecule has 0 aromatic carbocycles. The van der Waals surface area contributed by atoms with Gasteiger partial charge in [-0.3, -0.25) is 4.79 Å². The Morgan fingerprint density at radius 2 is 2.33 bits per heavy atom. The van der Waals surface area contributed by atoms with Crippen LogP contribution in [0.2, 0.25) is 0 Å². The smallest absolute Gasteiger partial charge is 0.248 e. The van der Waals surface area contributed by atoms with Crippen LogP contribution in [0.3, 0.4) is 0 Å². The summed E-state index contributed by atoms with van der Waals surface area (Å²) in [5.74, 6) is 0.147. The van der Waals surface area contributed by atoms with Gasteiger partial charge in [0.05, 0.1) is 5.60 Å². The number of nitrogens with zero attached hydrogens (tertiary/aromatic N) is 1. The average Bonchev–Trinajstić information content (AvgIpc) is 2.09. The van der Waals surface area contributed by atoms with Gasteiger partial charge in [-0.1, -0.05) is 0 Å². The summed E-state index contributed by atoms with van der Waals surface area (Å²) in [5.41, 5.74) is 5.34. The molecule has 15 heavy (non-hydrogen) atoms. The number of amides is 1. The molecular weight excluding hydrogens is 192 g/mol. The molecular formula is C11H20N2O2. The van der Waals surface area contributed by atoms with Crippen molar-refractivity contribution in [3.63, 3.8) is 0 Å². The SMILES string of the molecule is CC1(CCN)CN(C2CCC2)C(=O)CO1. The van der Waals surface area contributed by atoms with E-state index in [1.165, 1.54) is 6.42 Å². The fourth-order valence-electron chi connectivity index (χ4n) is 2.30. The zero-order chi connectivity index (χ0) is 10.9. The second-order valence-corrected chi connectivity index (χ2v) is 4.88. The number of carbonyl (C=O) groups is 1. The second-order valence-electron chi connectivity index (χ2n) is 4.88. The minimum atomic E-state index is -0.224. The van der Waals surface area contributed by atoms with Gasteiger partial charge in [-0.15, -0.1) is 0 Å². The molecule has 0 aromatic heterocycles. The Kier molecular flexibility index (Phi) is 2.98. The Labute approximate surface area is 90.8 Å². The van der Waals surface area contributed by atoms with Gasteiger partial charge in [-0.2, -0.15) is 0 Å². The maximum absolute atomic E-state index is 11.7. The van der Waals surface area contributed by atoms with Crippen LogP contribution in [0.25, 0.3) is 0 Å². The third kappa shape index (κ3) is 2.16. The molecule has 1 aliphatic heterocycles. The number of hydrogen-bond acceptors (Lipinski definition) is 3. The first kappa shape index (κ1) is 10.9. The van der Waals surface area contributed by atoms with E-state index in [2.05, 4.69) is 6.92 Å². The van der Waals surface area contributed by atoms with Crippen LogP contribution in [0.1, 0.15) is 32.6 Å². The fourth-order valence-corrected chi connectivity index (χ4v) is 2.30. The van der Waals surface area contributed by atoms with Crippen LogP contribution in [-0.2, 0) is 9.53 Å². The summed E-state index contributed by atoms with van der Waals surface area (Å²) in [6.07, 6.45) is 4.39. The van der Waals surface area contributed by atoms with Gasteiger partial charge in [0.2, 0.25) is 5.91 Å². The normalized spacial score (nSPS) is 32.9. The number of hydrogen-bond donors (Lipinski definition) is 1. The summed E-state index contributed by atoms with van der Waals surface area (Å²) in [4.78, 5) is 13.7. The minimum Gasteiger partial charge on any atom is -0.364 e. The summed E-state index contributed by atoms with van der Waals surface area (Å²) in [6, 6.07) is 0.471. The highest BCUT2D eigenvalue weighted by molar-refractivity contribution is 5.78. The molecule has 0 aromatic rings. The monoisotopic (exact) mass is 212 g/mol. The molecule has 1 saturated carbocycles. The van der Waals surface area contributed by atoms with Gasteiger partial charge in [0.1, 0.15) is 6.61 Å². The molecule has 4 nitrogen and oxygen atoms in total. The van der Waals surface area contributed by atoms with E-state index < -0.39 is 0 Å². The lowest BCUT2D eigenvalue weighted by Crippen LogP contribution is -2.58. The molecule has 1 unspecified atom stereocenters. The number of nitrogens with two attached hydrogens (primary N) is 1. The zero-order valence-electron chi connectivity index (χ0n) is 9.37. The van der Waals surface area contributed by atoms with Crippen LogP contribution in [-0.4, -0.2) is 42.1 Å². The minimum absolute atomic E-state index is 0.147. The van der Waals surface area contributed by atoms with Gasteiger partial charge in [-0.05, 0) is 39.2 Å². The highest BCUT2D eigenvalue weighted by Gasteiger charge is 2.39. The van der Waals surface area contributed by atoms with Crippen molar-refractivity contribution in [1.82, 2.24) is 4.90 Å². The molecule has 4 heteroatoms. The molecule has 0 spiro atoms. The molecule has 1 aliphatic carbocycles. The van der Waals surface area contributed by atoms with Crippen molar-refractivity contribution >= 4 is 5.91 Å². The van der Waals surface area contributed by atoms with Crippen molar-refractivity contribution in [2.45, 2.75) is 44.2 Å². The van der Waals surface area contributed by atoms with E-state index in [1.54, 1.807) is 0 Å². The van der Waals surface area contributed by atoms with Gasteiger partial charge in [0.25, 0.3) is 0 Å². The molecule has 0 bridgehead atoms. The van der Waals surface area contributed by atoms with E-state index in [0.29, 0.717) is 19.1 Å². The van der Waals surface area contributed by atoms with Crippen LogP contribution >= 0.6 is 0 Å². The summed E-state index contributed by atoms with van der Waals surface area (Å²) < 4.78 is 5.60. The van der Waals surface area contributed by atoms with Crippen molar-refractivity contribution in [3.8, 4) is 0 Å². The van der Waals surface area contributed by atoms with E-state index in [9.17, 15) is 4.79 Å². The lowest BCUT2D eigenvalue weighted by molar-refractivity contribution is -0.168. The van der Waals surface area contributed by atoms with E-state index in [4.69, 9.17) is 10.5 Å². The van der Waals surface area contributed by atoms with Crippen LogP contribution in [0.4, 0.5) is 0 Å². The number of carbonyl (C=O) groups excluding carboxylic acids is 1. The maximum Gasteiger partial charge on any atom is 0.248 e. The molecule has 1 amide bonds. The lowest BCUT2D eigenvalue weighted by Gasteiger charge is -2.46. The average molecular weight is 212 g/mol. The van der Waals surface area contributed by atoms with Crippen LogP contribution in [0.15, 0.2) is 0 Å². The summed E-state index contributed by atoms with van der Waals surface area (Å²) in [7, 11) is 0. The third-order valence-electron chi connectivity index (χ3n) is 3.56. The van der Waals surface area contributed by atoms with Gasteiger partial charge >= 0.3 is 0 Å². The quantitative estimate of drug-likeness (QED) is 0.741. The molecule has 0 radical (unpaired) electrons. The van der Waals surface area contributed by atoms with E-state index in [-0.39, 0.29) is 18.1 Å². The number of rotatable bonds is 3. The second kappa shape index (κ2) is 4.10. The Morgan fingerprint density at radius 1 is 1.60 bits per heavy atom. The fraction of sp³-hybridized carbons (Fsp3) is 0.909. The standard InChI is InChI=1S/C11H20N2O2/c1-11(5-6-12)8-13(9-3-2-4-9)10(14)7-15-11/h9H,2-8,12H2,1H3. The molecule has 2 fully saturated rings. The Hall–Kier alpha value is -0.610. The topological polar surface area (TPSA) is 55.6 Å². The molecule has 1 heterocycles. The first-order valence-electron chi connectivity index (χ1n) is 5.78. The molecule has 2 rings (SSSR count). The van der Waals surface area contributed by atoms with E-state index >= 15 is 0 Å². The van der Waals surface area contributed by atoms with Crippen LogP contribution < -0.4 is 5.73 Å². The van der Waals surface area contributed by atoms with E-state index in [1.807, 2.05) is 4.90 Å². The Bertz CT molecular complexity index is 253. The Morgan fingerprint density at radius 3 is 2.87 bits per heavy atom. The summed E-state index contributed by atoms with van der Waals surface area (Å²) in [6.45, 7) is 3.61. The largest absolute Gasteiger partial charge is 0.364 e. The maximum atomic E-state index is 11.7. The van der Waals surface area contributed by atoms with Crippen LogP contribution in [0, 0.1) is 0 Å². The molecule has 2 N–H and O–H groups in total. The van der Waals surface area contributed by atoms with Crippen LogP contribution in [0.5, 0.6) is 0 Å². The first-order chi connectivity index (χ1) is 7.14. The lowest BCUT2D eigenvalue weighted by atomic mass is 9.89. The van der Waals surface area contributed by atoms with Crippen molar-refractivity contribution in [1.29, 1.82) is 0 Å². The highest BCUT2D eigenvalue weighted by atomic mass is 16.5. The van der Waals surface area contributed by atoms with Crippen molar-refractivity contribution < 1.29 is 9.53 Å². The Balaban J connectivity index is 1.99. The van der Waals surface area contributed by atoms with Crippen molar-refractivity contribution in [2.75, 3.05) is 19.7 Å². The van der Waals surface area contributed by atoms with Gasteiger partial charge in [0.15, 0.2) is 0 Å². The van der Waals surface area contributed by atoms with Gasteiger partial charge in [0, 0.05) is 12.6 Å². The molecule has 2 aliphatic rings. The first-order valence-corrected chi connectivity index (χ1v) is 5.78. The number of morpholine rings is 1. The molecule has 86 valence electrons. The number of ether oxygens (including phenoxy) is 1.